The van der Waals surface area contributed by atoms with Crippen LogP contribution < -0.4 is 4.90 Å². The molecular weight excluding hydrogens is 448 g/mol. The van der Waals surface area contributed by atoms with Gasteiger partial charge in [-0.3, -0.25) is 9.69 Å². The van der Waals surface area contributed by atoms with Crippen LogP contribution >= 0.6 is 0 Å². The summed E-state index contributed by atoms with van der Waals surface area (Å²) >= 11 is 0. The van der Waals surface area contributed by atoms with Gasteiger partial charge in [-0.05, 0) is 54.6 Å². The zero-order chi connectivity index (χ0) is 33.1. The van der Waals surface area contributed by atoms with E-state index in [0.717, 1.165) is 0 Å². The summed E-state index contributed by atoms with van der Waals surface area (Å²) in [5, 5.41) is 10.1. The van der Waals surface area contributed by atoms with Gasteiger partial charge in [0, 0.05) is 77.7 Å². The standard InChI is InChI=1S/C30H34N4O2/c1-4-20-16-23-24(17-26(20)34-9-7-21(8-10-34)33-11-13-36-14-12-33)30(2,3)29-27(28(23)35)22-6-5-19(18-31)15-25(22)32-29/h5-6,15-17,21,32H,4,7-14H2,1-3H3/i7D2,8D2,11D2,12D2,21D. The average molecular weight is 492 g/mol. The van der Waals surface area contributed by atoms with Crippen LogP contribution in [0.5, 0.6) is 0 Å². The van der Waals surface area contributed by atoms with Crippen molar-refractivity contribution in [3.63, 3.8) is 0 Å². The van der Waals surface area contributed by atoms with E-state index in [9.17, 15) is 11.4 Å². The number of nitrogens with one attached hydrogen (secondary N) is 1. The van der Waals surface area contributed by atoms with Crippen LogP contribution in [0.15, 0.2) is 30.3 Å². The van der Waals surface area contributed by atoms with Crippen molar-refractivity contribution in [2.24, 2.45) is 0 Å². The first-order chi connectivity index (χ1) is 20.7. The van der Waals surface area contributed by atoms with E-state index in [-0.39, 0.29) is 5.78 Å². The maximum atomic E-state index is 14.0. The second-order valence-electron chi connectivity index (χ2n) is 9.78. The highest BCUT2D eigenvalue weighted by Gasteiger charge is 2.40. The third-order valence-electron chi connectivity index (χ3n) is 7.39. The lowest BCUT2D eigenvalue weighted by Gasteiger charge is -2.42. The van der Waals surface area contributed by atoms with Crippen LogP contribution in [-0.4, -0.2) is 61.0 Å². The van der Waals surface area contributed by atoms with Crippen LogP contribution in [0.3, 0.4) is 0 Å². The number of ketones is 1. The van der Waals surface area contributed by atoms with E-state index in [0.29, 0.717) is 61.4 Å². The number of nitriles is 1. The minimum atomic E-state index is -2.95. The molecule has 1 aliphatic carbocycles. The number of carbonyl (C=O) groups is 1. The first-order valence-corrected chi connectivity index (χ1v) is 12.1. The fraction of sp³-hybridized carbons (Fsp3) is 0.467. The molecule has 0 atom stereocenters. The number of ether oxygens (including phenoxy) is 1. The van der Waals surface area contributed by atoms with Gasteiger partial charge in [-0.15, -0.1) is 0 Å². The second kappa shape index (κ2) is 8.76. The Hall–Kier alpha value is -3.14. The van der Waals surface area contributed by atoms with E-state index < -0.39 is 63.5 Å². The number of rotatable bonds is 3. The maximum Gasteiger partial charge on any atom is 0.195 e. The van der Waals surface area contributed by atoms with Gasteiger partial charge in [0.25, 0.3) is 0 Å². The molecule has 3 aromatic rings. The van der Waals surface area contributed by atoms with Gasteiger partial charge in [-0.25, -0.2) is 0 Å². The zero-order valence-corrected chi connectivity index (χ0v) is 20.6. The lowest BCUT2D eigenvalue weighted by molar-refractivity contribution is 0.0115. The monoisotopic (exact) mass is 491 g/mol. The normalized spacial score (nSPS) is 30.4. The Bertz CT molecular complexity index is 1760. The number of aromatic amines is 1. The smallest absolute Gasteiger partial charge is 0.195 e. The summed E-state index contributed by atoms with van der Waals surface area (Å²) in [7, 11) is 0. The van der Waals surface area contributed by atoms with Crippen molar-refractivity contribution in [2.45, 2.75) is 51.4 Å². The van der Waals surface area contributed by atoms with Crippen LogP contribution in [0, 0.1) is 11.3 Å². The number of aryl methyl sites for hydroxylation is 1. The molecule has 0 unspecified atom stereocenters. The molecule has 0 bridgehead atoms. The summed E-state index contributed by atoms with van der Waals surface area (Å²) in [6.07, 6.45) is -5.09. The van der Waals surface area contributed by atoms with E-state index in [1.165, 1.54) is 4.90 Å². The largest absolute Gasteiger partial charge is 0.379 e. The van der Waals surface area contributed by atoms with Gasteiger partial charge >= 0.3 is 0 Å². The van der Waals surface area contributed by atoms with Gasteiger partial charge in [-0.2, -0.15) is 5.26 Å². The van der Waals surface area contributed by atoms with Crippen molar-refractivity contribution in [1.29, 1.82) is 5.26 Å². The van der Waals surface area contributed by atoms with Crippen LogP contribution in [0.25, 0.3) is 10.9 Å². The van der Waals surface area contributed by atoms with Crippen molar-refractivity contribution in [3.05, 3.63) is 63.8 Å². The number of carbonyl (C=O) groups excluding carboxylic acids is 1. The van der Waals surface area contributed by atoms with Gasteiger partial charge in [0.05, 0.1) is 30.4 Å². The van der Waals surface area contributed by atoms with Crippen LogP contribution in [-0.2, 0) is 16.6 Å². The van der Waals surface area contributed by atoms with Gasteiger partial charge < -0.3 is 14.6 Å². The minimum Gasteiger partial charge on any atom is -0.379 e. The first-order valence-electron chi connectivity index (χ1n) is 16.6. The van der Waals surface area contributed by atoms with Crippen molar-refractivity contribution in [1.82, 2.24) is 9.88 Å². The molecule has 36 heavy (non-hydrogen) atoms. The van der Waals surface area contributed by atoms with Crippen molar-refractivity contribution in [2.75, 3.05) is 44.2 Å². The highest BCUT2D eigenvalue weighted by molar-refractivity contribution is 6.20. The zero-order valence-electron chi connectivity index (χ0n) is 29.6. The number of fused-ring (bicyclic) bond motifs is 4. The number of hydrogen-bond donors (Lipinski definition) is 1. The van der Waals surface area contributed by atoms with Crippen molar-refractivity contribution in [3.8, 4) is 6.07 Å². The second-order valence-corrected chi connectivity index (χ2v) is 9.78. The Morgan fingerprint density at radius 1 is 1.22 bits per heavy atom. The van der Waals surface area contributed by atoms with Gasteiger partial charge in [-0.1, -0.05) is 26.8 Å². The molecule has 186 valence electrons. The lowest BCUT2D eigenvalue weighted by Crippen LogP contribution is -2.49. The minimum absolute atomic E-state index is 0.192. The molecule has 2 aromatic carbocycles. The number of aromatic nitrogens is 1. The molecule has 3 aliphatic rings. The summed E-state index contributed by atoms with van der Waals surface area (Å²) in [5.74, 6) is -0.192. The van der Waals surface area contributed by atoms with Gasteiger partial charge in [0.1, 0.15) is 0 Å². The molecular formula is C30H34N4O2. The topological polar surface area (TPSA) is 72.4 Å². The molecule has 0 radical (unpaired) electrons. The summed E-state index contributed by atoms with van der Waals surface area (Å²) < 4.78 is 84.1. The number of H-pyrrole nitrogens is 1. The number of hydrogen-bond acceptors (Lipinski definition) is 5. The fourth-order valence-corrected chi connectivity index (χ4v) is 5.43. The Labute approximate surface area is 225 Å². The van der Waals surface area contributed by atoms with E-state index in [2.05, 4.69) is 11.1 Å². The summed E-state index contributed by atoms with van der Waals surface area (Å²) in [6, 6.07) is 7.87. The van der Waals surface area contributed by atoms with Gasteiger partial charge in [0.2, 0.25) is 0 Å². The predicted molar refractivity (Wildman–Crippen MR) is 142 cm³/mol. The SMILES string of the molecule is [2H]C1([2H])COCC([2H])([2H])N1C1([2H])C([2H])([2H])CN(c2cc3c(cc2CC)C(=O)c2c([nH]c4cc(C#N)ccc24)C3(C)C)CC1([2H])[2H]. The number of benzene rings is 2. The molecule has 6 nitrogen and oxygen atoms in total. The van der Waals surface area contributed by atoms with Crippen LogP contribution in [0.2, 0.25) is 0 Å². The fourth-order valence-electron chi connectivity index (χ4n) is 5.43. The highest BCUT2D eigenvalue weighted by atomic mass is 16.5. The average Bonchev–Trinajstić information content (AvgIpc) is 3.33. The van der Waals surface area contributed by atoms with Crippen LogP contribution in [0.1, 0.15) is 84.2 Å². The Morgan fingerprint density at radius 2 is 1.97 bits per heavy atom. The van der Waals surface area contributed by atoms with Gasteiger partial charge in [0.15, 0.2) is 5.78 Å². The van der Waals surface area contributed by atoms with E-state index in [1.807, 2.05) is 20.8 Å². The first kappa shape index (κ1) is 15.2. The summed E-state index contributed by atoms with van der Waals surface area (Å²) in [4.78, 5) is 19.3. The highest BCUT2D eigenvalue weighted by Crippen LogP contribution is 2.46. The quantitative estimate of drug-likeness (QED) is 0.571. The van der Waals surface area contributed by atoms with Crippen molar-refractivity contribution >= 4 is 22.4 Å². The molecule has 2 aliphatic heterocycles. The Morgan fingerprint density at radius 3 is 2.67 bits per heavy atom. The lowest BCUT2D eigenvalue weighted by atomic mass is 9.70. The number of nitrogens with zero attached hydrogens (tertiary/aromatic N) is 3. The molecule has 0 spiro atoms. The molecule has 0 amide bonds. The Balaban J connectivity index is 1.47. The molecule has 2 fully saturated rings. The third-order valence-corrected chi connectivity index (χ3v) is 7.39. The molecule has 2 saturated heterocycles. The summed E-state index contributed by atoms with van der Waals surface area (Å²) in [6.45, 7) is -1.82. The van der Waals surface area contributed by atoms with Crippen LogP contribution in [0.4, 0.5) is 5.69 Å². The molecule has 1 aromatic heterocycles. The number of piperidine rings is 1. The van der Waals surface area contributed by atoms with E-state index in [1.54, 1.807) is 30.3 Å². The van der Waals surface area contributed by atoms with E-state index >= 15 is 0 Å². The Kier molecular flexibility index (Phi) is 3.70. The summed E-state index contributed by atoms with van der Waals surface area (Å²) in [5.41, 5.74) is 3.88. The molecule has 0 saturated carbocycles. The van der Waals surface area contributed by atoms with Crippen molar-refractivity contribution < 1.29 is 21.9 Å². The molecule has 6 rings (SSSR count). The molecule has 3 heterocycles. The maximum absolute atomic E-state index is 14.0. The molecule has 1 N–H and O–H groups in total. The van der Waals surface area contributed by atoms with E-state index in [4.69, 9.17) is 15.7 Å². The third kappa shape index (κ3) is 3.56. The number of anilines is 1. The number of morpholine rings is 1. The predicted octanol–water partition coefficient (Wildman–Crippen LogP) is 4.77. The molecule has 6 heteroatoms.